The molecule has 2 atom stereocenters. The molecule has 2 aromatic rings. The van der Waals surface area contributed by atoms with Crippen molar-refractivity contribution < 1.29 is 9.59 Å². The highest BCUT2D eigenvalue weighted by Gasteiger charge is 2.39. The van der Waals surface area contributed by atoms with Gasteiger partial charge in [-0.25, -0.2) is 4.79 Å². The van der Waals surface area contributed by atoms with E-state index in [4.69, 9.17) is 34.8 Å². The Morgan fingerprint density at radius 2 is 1.60 bits per heavy atom. The van der Waals surface area contributed by atoms with Crippen LogP contribution in [0.25, 0.3) is 0 Å². The normalized spacial score (nSPS) is 20.0. The SMILES string of the molecule is C=C1NC(=O)N[C@H](c2c(Cl)cccc2Cl)[C@H]1C(=O)c1ccc(Cl)cc1. The highest BCUT2D eigenvalue weighted by atomic mass is 35.5. The summed E-state index contributed by atoms with van der Waals surface area (Å²) in [5.74, 6) is -0.994. The Morgan fingerprint density at radius 3 is 2.20 bits per heavy atom. The molecule has 1 fully saturated rings. The second-order valence-corrected chi connectivity index (χ2v) is 6.84. The van der Waals surface area contributed by atoms with Crippen LogP contribution < -0.4 is 10.6 Å². The van der Waals surface area contributed by atoms with Gasteiger partial charge in [0.25, 0.3) is 0 Å². The summed E-state index contributed by atoms with van der Waals surface area (Å²) >= 11 is 18.4. The molecule has 0 radical (unpaired) electrons. The molecule has 128 valence electrons. The van der Waals surface area contributed by atoms with Crippen molar-refractivity contribution in [2.45, 2.75) is 6.04 Å². The maximum atomic E-state index is 13.1. The van der Waals surface area contributed by atoms with Crippen LogP contribution in [0.3, 0.4) is 0 Å². The van der Waals surface area contributed by atoms with Gasteiger partial charge in [-0.15, -0.1) is 0 Å². The second kappa shape index (κ2) is 7.08. The standard InChI is InChI=1S/C18H13Cl3N2O2/c1-9-14(17(24)10-5-7-11(19)8-6-10)16(23-18(25)22-9)15-12(20)3-2-4-13(15)21/h2-8,14,16H,1H2,(H2,22,23,25)/t14-,16-/m0/s1. The fraction of sp³-hybridized carbons (Fsp3) is 0.111. The number of Topliss-reactive ketones (excluding diaryl/α,β-unsaturated/α-hetero) is 1. The predicted octanol–water partition coefficient (Wildman–Crippen LogP) is 5.01. The van der Waals surface area contributed by atoms with Crippen LogP contribution in [0.4, 0.5) is 4.79 Å². The van der Waals surface area contributed by atoms with Gasteiger partial charge in [-0.05, 0) is 36.4 Å². The van der Waals surface area contributed by atoms with E-state index in [1.807, 2.05) is 0 Å². The number of hydrogen-bond acceptors (Lipinski definition) is 2. The molecule has 2 N–H and O–H groups in total. The summed E-state index contributed by atoms with van der Waals surface area (Å²) in [5, 5.41) is 6.53. The van der Waals surface area contributed by atoms with Crippen molar-refractivity contribution in [1.29, 1.82) is 0 Å². The van der Waals surface area contributed by atoms with Crippen LogP contribution in [-0.2, 0) is 0 Å². The summed E-state index contributed by atoms with van der Waals surface area (Å²) in [7, 11) is 0. The number of ketones is 1. The molecule has 3 rings (SSSR count). The summed E-state index contributed by atoms with van der Waals surface area (Å²) in [4.78, 5) is 25.0. The van der Waals surface area contributed by atoms with E-state index < -0.39 is 18.0 Å². The van der Waals surface area contributed by atoms with Gasteiger partial charge in [-0.3, -0.25) is 4.79 Å². The third-order valence-corrected chi connectivity index (χ3v) is 4.90. The molecule has 1 heterocycles. The van der Waals surface area contributed by atoms with Crippen LogP contribution in [0.5, 0.6) is 0 Å². The van der Waals surface area contributed by atoms with Gasteiger partial charge >= 0.3 is 6.03 Å². The molecule has 0 aromatic heterocycles. The van der Waals surface area contributed by atoms with Gasteiger partial charge in [-0.2, -0.15) is 0 Å². The minimum atomic E-state index is -0.767. The fourth-order valence-electron chi connectivity index (χ4n) is 2.84. The van der Waals surface area contributed by atoms with Gasteiger partial charge in [0.1, 0.15) is 0 Å². The van der Waals surface area contributed by atoms with Gasteiger partial charge in [0.15, 0.2) is 5.78 Å². The molecular formula is C18H13Cl3N2O2. The maximum absolute atomic E-state index is 13.1. The maximum Gasteiger partial charge on any atom is 0.319 e. The summed E-state index contributed by atoms with van der Waals surface area (Å²) < 4.78 is 0. The minimum absolute atomic E-state index is 0.227. The highest BCUT2D eigenvalue weighted by molar-refractivity contribution is 6.36. The molecule has 1 saturated heterocycles. The largest absolute Gasteiger partial charge is 0.330 e. The lowest BCUT2D eigenvalue weighted by Gasteiger charge is -2.34. The van der Waals surface area contributed by atoms with Crippen LogP contribution in [0.15, 0.2) is 54.7 Å². The van der Waals surface area contributed by atoms with Gasteiger partial charge in [0.05, 0.1) is 12.0 Å². The summed E-state index contributed by atoms with van der Waals surface area (Å²) in [6.45, 7) is 3.84. The van der Waals surface area contributed by atoms with Gasteiger partial charge in [-0.1, -0.05) is 47.4 Å². The Kier molecular flexibility index (Phi) is 5.04. The molecule has 0 saturated carbocycles. The third kappa shape index (κ3) is 3.52. The van der Waals surface area contributed by atoms with Crippen molar-refractivity contribution in [3.05, 3.63) is 80.9 Å². The van der Waals surface area contributed by atoms with E-state index in [-0.39, 0.29) is 11.5 Å². The lowest BCUT2D eigenvalue weighted by Crippen LogP contribution is -2.50. The Bertz CT molecular complexity index is 845. The Labute approximate surface area is 159 Å². The second-order valence-electron chi connectivity index (χ2n) is 5.59. The number of carbonyl (C=O) groups is 2. The molecule has 25 heavy (non-hydrogen) atoms. The number of amides is 2. The number of carbonyl (C=O) groups excluding carboxylic acids is 2. The van der Waals surface area contributed by atoms with Gasteiger partial charge in [0.2, 0.25) is 0 Å². The highest BCUT2D eigenvalue weighted by Crippen LogP contribution is 2.39. The summed E-state index contributed by atoms with van der Waals surface area (Å²) in [5.41, 5.74) is 1.21. The quantitative estimate of drug-likeness (QED) is 0.717. The molecule has 0 aliphatic carbocycles. The number of rotatable bonds is 3. The van der Waals surface area contributed by atoms with Gasteiger partial charge < -0.3 is 10.6 Å². The van der Waals surface area contributed by atoms with Crippen LogP contribution >= 0.6 is 34.8 Å². The van der Waals surface area contributed by atoms with Crippen molar-refractivity contribution in [3.8, 4) is 0 Å². The predicted molar refractivity (Wildman–Crippen MR) is 99.3 cm³/mol. The summed E-state index contributed by atoms with van der Waals surface area (Å²) in [6, 6.07) is 10.3. The number of hydrogen-bond donors (Lipinski definition) is 2. The smallest absolute Gasteiger partial charge is 0.319 e. The molecule has 1 aliphatic heterocycles. The van der Waals surface area contributed by atoms with Crippen molar-refractivity contribution in [2.75, 3.05) is 0 Å². The lowest BCUT2D eigenvalue weighted by molar-refractivity contribution is 0.0905. The average molecular weight is 396 g/mol. The molecule has 2 aromatic carbocycles. The third-order valence-electron chi connectivity index (χ3n) is 3.99. The average Bonchev–Trinajstić information content (AvgIpc) is 2.54. The first-order valence-corrected chi connectivity index (χ1v) is 8.52. The number of benzene rings is 2. The number of nitrogens with one attached hydrogen (secondary N) is 2. The Morgan fingerprint density at radius 1 is 1.00 bits per heavy atom. The minimum Gasteiger partial charge on any atom is -0.330 e. The van der Waals surface area contributed by atoms with E-state index >= 15 is 0 Å². The first kappa shape index (κ1) is 17.8. The molecule has 0 unspecified atom stereocenters. The van der Waals surface area contributed by atoms with Crippen LogP contribution in [0.2, 0.25) is 15.1 Å². The van der Waals surface area contributed by atoms with Crippen molar-refractivity contribution in [3.63, 3.8) is 0 Å². The first-order chi connectivity index (χ1) is 11.9. The number of urea groups is 1. The monoisotopic (exact) mass is 394 g/mol. The molecule has 1 aliphatic rings. The molecule has 0 bridgehead atoms. The molecule has 0 spiro atoms. The Balaban J connectivity index is 2.07. The number of halogens is 3. The van der Waals surface area contributed by atoms with Crippen LogP contribution in [0.1, 0.15) is 22.0 Å². The van der Waals surface area contributed by atoms with E-state index in [9.17, 15) is 9.59 Å². The van der Waals surface area contributed by atoms with Crippen LogP contribution in [0, 0.1) is 5.92 Å². The van der Waals surface area contributed by atoms with E-state index in [1.54, 1.807) is 42.5 Å². The fourth-order valence-corrected chi connectivity index (χ4v) is 3.59. The van der Waals surface area contributed by atoms with E-state index in [1.165, 1.54) is 0 Å². The topological polar surface area (TPSA) is 58.2 Å². The van der Waals surface area contributed by atoms with Crippen LogP contribution in [-0.4, -0.2) is 11.8 Å². The zero-order valence-corrected chi connectivity index (χ0v) is 15.1. The first-order valence-electron chi connectivity index (χ1n) is 7.38. The molecule has 2 amide bonds. The van der Waals surface area contributed by atoms with E-state index in [0.29, 0.717) is 26.2 Å². The molecule has 7 heteroatoms. The summed E-state index contributed by atoms with van der Waals surface area (Å²) in [6.07, 6.45) is 0. The molecule has 4 nitrogen and oxygen atoms in total. The lowest BCUT2D eigenvalue weighted by atomic mass is 9.83. The Hall–Kier alpha value is -2.01. The zero-order valence-electron chi connectivity index (χ0n) is 12.9. The zero-order chi connectivity index (χ0) is 18.1. The molecular weight excluding hydrogens is 383 g/mol. The van der Waals surface area contributed by atoms with Crippen molar-refractivity contribution in [1.82, 2.24) is 10.6 Å². The van der Waals surface area contributed by atoms with Crippen molar-refractivity contribution in [2.24, 2.45) is 5.92 Å². The van der Waals surface area contributed by atoms with E-state index in [0.717, 1.165) is 0 Å². The van der Waals surface area contributed by atoms with E-state index in [2.05, 4.69) is 17.2 Å². The van der Waals surface area contributed by atoms with Crippen molar-refractivity contribution >= 4 is 46.6 Å². The van der Waals surface area contributed by atoms with Gasteiger partial charge in [0, 0.05) is 31.9 Å².